The molecule has 2 fully saturated rings. The maximum atomic E-state index is 11.7. The zero-order valence-electron chi connectivity index (χ0n) is 17.8. The number of aliphatic carboxylic acids is 1. The lowest BCUT2D eigenvalue weighted by molar-refractivity contribution is -0.132. The van der Waals surface area contributed by atoms with E-state index in [9.17, 15) is 9.90 Å². The van der Waals surface area contributed by atoms with E-state index in [2.05, 4.69) is 46.4 Å². The van der Waals surface area contributed by atoms with E-state index >= 15 is 0 Å². The molecule has 2 nitrogen and oxygen atoms in total. The first-order chi connectivity index (χ1) is 12.7. The molecule has 3 aliphatic carbocycles. The second kappa shape index (κ2) is 7.60. The van der Waals surface area contributed by atoms with Crippen LogP contribution in [0.5, 0.6) is 0 Å². The summed E-state index contributed by atoms with van der Waals surface area (Å²) in [4.78, 5) is 11.7. The van der Waals surface area contributed by atoms with Crippen molar-refractivity contribution in [1.29, 1.82) is 0 Å². The van der Waals surface area contributed by atoms with Crippen LogP contribution < -0.4 is 0 Å². The molecular weight excluding hydrogens is 332 g/mol. The fraction of sp³-hybridized carbons (Fsp3) is 0.720. The molecule has 150 valence electrons. The molecule has 1 N–H and O–H groups in total. The molecule has 0 aromatic rings. The number of carboxylic acids is 1. The van der Waals surface area contributed by atoms with Gasteiger partial charge in [0.15, 0.2) is 0 Å². The topological polar surface area (TPSA) is 37.3 Å². The summed E-state index contributed by atoms with van der Waals surface area (Å²) >= 11 is 0. The number of carboxylic acid groups (broad SMARTS) is 1. The monoisotopic (exact) mass is 370 g/mol. The van der Waals surface area contributed by atoms with Crippen molar-refractivity contribution in [2.45, 2.75) is 85.5 Å². The molecule has 0 bridgehead atoms. The highest BCUT2D eigenvalue weighted by molar-refractivity contribution is 5.86. The van der Waals surface area contributed by atoms with Gasteiger partial charge < -0.3 is 5.11 Å². The molecule has 0 spiro atoms. The van der Waals surface area contributed by atoms with Gasteiger partial charge in [-0.1, -0.05) is 43.7 Å². The largest absolute Gasteiger partial charge is 0.478 e. The van der Waals surface area contributed by atoms with Gasteiger partial charge in [0.1, 0.15) is 0 Å². The number of hydrogen-bond acceptors (Lipinski definition) is 1. The molecule has 0 aromatic carbocycles. The maximum Gasteiger partial charge on any atom is 0.331 e. The fourth-order valence-corrected chi connectivity index (χ4v) is 6.84. The Morgan fingerprint density at radius 3 is 2.56 bits per heavy atom. The third kappa shape index (κ3) is 3.82. The van der Waals surface area contributed by atoms with Crippen LogP contribution in [0.4, 0.5) is 0 Å². The van der Waals surface area contributed by atoms with Gasteiger partial charge in [0.05, 0.1) is 0 Å². The third-order valence-corrected chi connectivity index (χ3v) is 8.45. The maximum absolute atomic E-state index is 11.7. The van der Waals surface area contributed by atoms with Crippen LogP contribution in [0.15, 0.2) is 35.5 Å². The van der Waals surface area contributed by atoms with Crippen LogP contribution in [0.3, 0.4) is 0 Å². The molecule has 0 heterocycles. The van der Waals surface area contributed by atoms with Crippen LogP contribution in [0.2, 0.25) is 0 Å². The lowest BCUT2D eigenvalue weighted by atomic mass is 9.49. The highest BCUT2D eigenvalue weighted by atomic mass is 16.4. The number of rotatable bonds is 2. The van der Waals surface area contributed by atoms with Crippen molar-refractivity contribution < 1.29 is 9.90 Å². The van der Waals surface area contributed by atoms with Gasteiger partial charge in [0, 0.05) is 5.57 Å². The molecule has 0 unspecified atom stereocenters. The Labute approximate surface area is 165 Å². The van der Waals surface area contributed by atoms with E-state index in [4.69, 9.17) is 0 Å². The van der Waals surface area contributed by atoms with E-state index in [1.165, 1.54) is 43.3 Å². The zero-order valence-corrected chi connectivity index (χ0v) is 17.8. The van der Waals surface area contributed by atoms with E-state index in [0.717, 1.165) is 25.2 Å². The third-order valence-electron chi connectivity index (χ3n) is 8.45. The highest BCUT2D eigenvalue weighted by Crippen LogP contribution is 2.65. The molecule has 5 atom stereocenters. The quantitative estimate of drug-likeness (QED) is 0.535. The van der Waals surface area contributed by atoms with Crippen molar-refractivity contribution in [1.82, 2.24) is 0 Å². The molecule has 2 heteroatoms. The molecule has 0 saturated heterocycles. The van der Waals surface area contributed by atoms with Crippen molar-refractivity contribution >= 4 is 5.97 Å². The van der Waals surface area contributed by atoms with E-state index in [-0.39, 0.29) is 5.41 Å². The van der Waals surface area contributed by atoms with Crippen LogP contribution in [0.1, 0.15) is 85.5 Å². The summed E-state index contributed by atoms with van der Waals surface area (Å²) in [5, 5.41) is 9.63. The molecule has 0 aliphatic heterocycles. The Hall–Kier alpha value is -1.31. The summed E-state index contributed by atoms with van der Waals surface area (Å²) in [6, 6.07) is 0. The van der Waals surface area contributed by atoms with Gasteiger partial charge in [0.25, 0.3) is 0 Å². The highest BCUT2D eigenvalue weighted by Gasteiger charge is 2.57. The molecule has 3 aliphatic rings. The first-order valence-corrected chi connectivity index (χ1v) is 10.9. The standard InChI is InChI=1S/C25H38O2/c1-17(2)20-12-16-25(5)21(20)13-15-24(4)14-11-19(23(26)27)8-6-7-18(3)9-10-22(24)25/h7,11,20-22H,1,6,8-10,12-16H2,2-5H3,(H,26,27)/b18-7-,19-11+/t20-,21-,22-,24+,25-/m1/s1. The van der Waals surface area contributed by atoms with E-state index in [0.29, 0.717) is 29.2 Å². The molecule has 27 heavy (non-hydrogen) atoms. The predicted molar refractivity (Wildman–Crippen MR) is 113 cm³/mol. The predicted octanol–water partition coefficient (Wildman–Crippen LogP) is 6.93. The van der Waals surface area contributed by atoms with Crippen LogP contribution in [0.25, 0.3) is 0 Å². The first kappa shape index (κ1) is 20.4. The molecule has 3 rings (SSSR count). The minimum Gasteiger partial charge on any atom is -0.478 e. The Morgan fingerprint density at radius 2 is 1.89 bits per heavy atom. The summed E-state index contributed by atoms with van der Waals surface area (Å²) < 4.78 is 0. The summed E-state index contributed by atoms with van der Waals surface area (Å²) in [6.45, 7) is 13.7. The van der Waals surface area contributed by atoms with Crippen molar-refractivity contribution in [2.24, 2.45) is 28.6 Å². The summed E-state index contributed by atoms with van der Waals surface area (Å²) in [7, 11) is 0. The Kier molecular flexibility index (Phi) is 5.75. The van der Waals surface area contributed by atoms with Gasteiger partial charge in [0.2, 0.25) is 0 Å². The molecule has 0 radical (unpaired) electrons. The minimum atomic E-state index is -0.733. The Morgan fingerprint density at radius 1 is 1.15 bits per heavy atom. The van der Waals surface area contributed by atoms with Crippen LogP contribution in [0, 0.1) is 28.6 Å². The average molecular weight is 371 g/mol. The van der Waals surface area contributed by atoms with Gasteiger partial charge in [-0.25, -0.2) is 4.79 Å². The molecule has 0 aromatic heterocycles. The molecule has 2 saturated carbocycles. The normalized spacial score (nSPS) is 43.9. The zero-order chi connectivity index (χ0) is 19.8. The lowest BCUT2D eigenvalue weighted by Gasteiger charge is -2.55. The SMILES string of the molecule is C=C(C)[C@H]1CC[C@]2(C)[C@@H]1CC[C@]1(C)C/C=C(/C(=O)O)CC/C=C(/C)CC[C@H]12. The fourth-order valence-electron chi connectivity index (χ4n) is 6.84. The number of allylic oxidation sites excluding steroid dienone is 4. The van der Waals surface area contributed by atoms with Gasteiger partial charge in [-0.2, -0.15) is 0 Å². The summed E-state index contributed by atoms with van der Waals surface area (Å²) in [5.74, 6) is 1.36. The number of carbonyl (C=O) groups is 1. The van der Waals surface area contributed by atoms with Gasteiger partial charge in [-0.3, -0.25) is 0 Å². The minimum absolute atomic E-state index is 0.209. The average Bonchev–Trinajstić information content (AvgIpc) is 2.92. The number of fused-ring (bicyclic) bond motifs is 3. The van der Waals surface area contributed by atoms with E-state index < -0.39 is 5.97 Å². The summed E-state index contributed by atoms with van der Waals surface area (Å²) in [5.41, 5.74) is 3.99. The van der Waals surface area contributed by atoms with Crippen molar-refractivity contribution in [3.8, 4) is 0 Å². The second-order valence-corrected chi connectivity index (χ2v) is 10.2. The summed E-state index contributed by atoms with van der Waals surface area (Å²) in [6.07, 6.45) is 14.2. The van der Waals surface area contributed by atoms with E-state index in [1.807, 2.05) is 0 Å². The van der Waals surface area contributed by atoms with Crippen molar-refractivity contribution in [2.75, 3.05) is 0 Å². The van der Waals surface area contributed by atoms with Crippen LogP contribution >= 0.6 is 0 Å². The van der Waals surface area contributed by atoms with Gasteiger partial charge in [-0.05, 0) is 100 Å². The van der Waals surface area contributed by atoms with Gasteiger partial charge in [-0.15, -0.1) is 0 Å². The number of hydrogen-bond donors (Lipinski definition) is 1. The molecular formula is C25H38O2. The van der Waals surface area contributed by atoms with Crippen molar-refractivity contribution in [3.63, 3.8) is 0 Å². The Balaban J connectivity index is 1.97. The van der Waals surface area contributed by atoms with E-state index in [1.54, 1.807) is 0 Å². The lowest BCUT2D eigenvalue weighted by Crippen LogP contribution is -2.47. The smallest absolute Gasteiger partial charge is 0.331 e. The van der Waals surface area contributed by atoms with Crippen molar-refractivity contribution in [3.05, 3.63) is 35.5 Å². The van der Waals surface area contributed by atoms with Crippen LogP contribution in [-0.2, 0) is 4.79 Å². The second-order valence-electron chi connectivity index (χ2n) is 10.2. The first-order valence-electron chi connectivity index (χ1n) is 10.9. The Bertz CT molecular complexity index is 670. The van der Waals surface area contributed by atoms with Gasteiger partial charge >= 0.3 is 5.97 Å². The van der Waals surface area contributed by atoms with Crippen LogP contribution in [-0.4, -0.2) is 11.1 Å². The molecule has 0 amide bonds.